The molecule has 0 bridgehead atoms. The van der Waals surface area contributed by atoms with Gasteiger partial charge in [0.15, 0.2) is 0 Å². The van der Waals surface area contributed by atoms with E-state index < -0.39 is 0 Å². The van der Waals surface area contributed by atoms with Crippen molar-refractivity contribution < 1.29 is 4.74 Å². The largest absolute Gasteiger partial charge is 0.363 e. The van der Waals surface area contributed by atoms with Crippen LogP contribution in [0.3, 0.4) is 0 Å². The van der Waals surface area contributed by atoms with Gasteiger partial charge in [0, 0.05) is 11.4 Å². The third-order valence-corrected chi connectivity index (χ3v) is 3.24. The van der Waals surface area contributed by atoms with Gasteiger partial charge in [-0.2, -0.15) is 0 Å². The summed E-state index contributed by atoms with van der Waals surface area (Å²) in [6.45, 7) is 9.70. The molecule has 0 amide bonds. The second-order valence-corrected chi connectivity index (χ2v) is 5.92. The van der Waals surface area contributed by atoms with Crippen molar-refractivity contribution in [1.29, 1.82) is 0 Å². The standard InChI is InChI=1S/C10H18OS/c1-8(2)7-9-11-6-5-10(3,4)12-9/h7,9H,5-6H2,1-4H3. The molecule has 1 fully saturated rings. The Morgan fingerprint density at radius 3 is 2.67 bits per heavy atom. The van der Waals surface area contributed by atoms with E-state index in [2.05, 4.69) is 33.8 Å². The van der Waals surface area contributed by atoms with Crippen LogP contribution in [0.25, 0.3) is 0 Å². The molecule has 1 aliphatic heterocycles. The second kappa shape index (κ2) is 3.84. The molecule has 1 rings (SSSR count). The van der Waals surface area contributed by atoms with E-state index in [1.807, 2.05) is 11.8 Å². The summed E-state index contributed by atoms with van der Waals surface area (Å²) in [6, 6.07) is 0. The average molecular weight is 186 g/mol. The van der Waals surface area contributed by atoms with Crippen molar-refractivity contribution in [3.05, 3.63) is 11.6 Å². The molecule has 0 radical (unpaired) electrons. The molecule has 0 aromatic heterocycles. The zero-order chi connectivity index (χ0) is 9.19. The van der Waals surface area contributed by atoms with E-state index in [0.29, 0.717) is 4.75 Å². The highest BCUT2D eigenvalue weighted by atomic mass is 32.2. The molecule has 70 valence electrons. The summed E-state index contributed by atoms with van der Waals surface area (Å²) in [5, 5.41) is 0. The SMILES string of the molecule is CC(C)=CC1OCCC(C)(C)S1. The van der Waals surface area contributed by atoms with Crippen molar-refractivity contribution in [2.75, 3.05) is 6.61 Å². The Kier molecular flexibility index (Phi) is 3.24. The molecule has 1 unspecified atom stereocenters. The maximum atomic E-state index is 5.61. The van der Waals surface area contributed by atoms with Gasteiger partial charge in [-0.1, -0.05) is 19.4 Å². The Bertz CT molecular complexity index is 180. The summed E-state index contributed by atoms with van der Waals surface area (Å²) >= 11 is 1.92. The van der Waals surface area contributed by atoms with Crippen molar-refractivity contribution in [3.63, 3.8) is 0 Å². The quantitative estimate of drug-likeness (QED) is 0.582. The van der Waals surface area contributed by atoms with Gasteiger partial charge in [0.25, 0.3) is 0 Å². The van der Waals surface area contributed by atoms with E-state index in [1.165, 1.54) is 5.57 Å². The summed E-state index contributed by atoms with van der Waals surface area (Å²) in [4.78, 5) is 0. The first-order valence-corrected chi connectivity index (χ1v) is 5.32. The lowest BCUT2D eigenvalue weighted by Gasteiger charge is -2.33. The fourth-order valence-corrected chi connectivity index (χ4v) is 2.52. The number of allylic oxidation sites excluding steroid dienone is 1. The van der Waals surface area contributed by atoms with Crippen LogP contribution in [0.5, 0.6) is 0 Å². The topological polar surface area (TPSA) is 9.23 Å². The van der Waals surface area contributed by atoms with Gasteiger partial charge in [-0.05, 0) is 26.3 Å². The van der Waals surface area contributed by atoms with Crippen LogP contribution < -0.4 is 0 Å². The molecule has 0 aliphatic carbocycles. The van der Waals surface area contributed by atoms with E-state index in [9.17, 15) is 0 Å². The van der Waals surface area contributed by atoms with Gasteiger partial charge in [-0.25, -0.2) is 0 Å². The van der Waals surface area contributed by atoms with Gasteiger partial charge < -0.3 is 4.74 Å². The molecule has 0 N–H and O–H groups in total. The van der Waals surface area contributed by atoms with Crippen LogP contribution in [0.4, 0.5) is 0 Å². The van der Waals surface area contributed by atoms with Gasteiger partial charge in [-0.3, -0.25) is 0 Å². The van der Waals surface area contributed by atoms with Crippen LogP contribution in [0.2, 0.25) is 0 Å². The van der Waals surface area contributed by atoms with Gasteiger partial charge >= 0.3 is 0 Å². The molecule has 1 atom stereocenters. The van der Waals surface area contributed by atoms with Gasteiger partial charge in [-0.15, -0.1) is 11.8 Å². The molecule has 1 nitrogen and oxygen atoms in total. The molecule has 2 heteroatoms. The summed E-state index contributed by atoms with van der Waals surface area (Å²) in [5.41, 5.74) is 1.61. The Morgan fingerprint density at radius 1 is 1.50 bits per heavy atom. The monoisotopic (exact) mass is 186 g/mol. The maximum absolute atomic E-state index is 5.61. The third-order valence-electron chi connectivity index (χ3n) is 1.89. The second-order valence-electron chi connectivity index (χ2n) is 4.11. The fraction of sp³-hybridized carbons (Fsp3) is 0.800. The van der Waals surface area contributed by atoms with Crippen molar-refractivity contribution in [3.8, 4) is 0 Å². The number of rotatable bonds is 1. The van der Waals surface area contributed by atoms with Crippen molar-refractivity contribution in [2.24, 2.45) is 0 Å². The number of hydrogen-bond donors (Lipinski definition) is 0. The van der Waals surface area contributed by atoms with Crippen LogP contribution in [0.15, 0.2) is 11.6 Å². The van der Waals surface area contributed by atoms with E-state index >= 15 is 0 Å². The first kappa shape index (κ1) is 10.1. The summed E-state index contributed by atoms with van der Waals surface area (Å²) in [7, 11) is 0. The van der Waals surface area contributed by atoms with Crippen LogP contribution in [-0.4, -0.2) is 16.8 Å². The highest BCUT2D eigenvalue weighted by Crippen LogP contribution is 2.37. The normalized spacial score (nSPS) is 28.2. The maximum Gasteiger partial charge on any atom is 0.122 e. The minimum Gasteiger partial charge on any atom is -0.363 e. The third kappa shape index (κ3) is 3.20. The minimum atomic E-state index is 0.277. The zero-order valence-corrected chi connectivity index (χ0v) is 9.20. The van der Waals surface area contributed by atoms with Crippen LogP contribution in [0.1, 0.15) is 34.1 Å². The van der Waals surface area contributed by atoms with E-state index in [0.717, 1.165) is 13.0 Å². The first-order valence-electron chi connectivity index (χ1n) is 4.44. The Morgan fingerprint density at radius 2 is 2.17 bits per heavy atom. The molecule has 0 aromatic rings. The van der Waals surface area contributed by atoms with E-state index in [4.69, 9.17) is 4.74 Å². The average Bonchev–Trinajstić information content (AvgIpc) is 1.82. The summed E-state index contributed by atoms with van der Waals surface area (Å²) < 4.78 is 5.99. The van der Waals surface area contributed by atoms with E-state index in [1.54, 1.807) is 0 Å². The molecule has 0 aromatic carbocycles. The molecule has 0 spiro atoms. The molecule has 1 aliphatic rings. The highest BCUT2D eigenvalue weighted by molar-refractivity contribution is 8.01. The van der Waals surface area contributed by atoms with Gasteiger partial charge in [0.2, 0.25) is 0 Å². The fourth-order valence-electron chi connectivity index (χ4n) is 1.18. The predicted octanol–water partition coefficient (Wildman–Crippen LogP) is 3.21. The lowest BCUT2D eigenvalue weighted by atomic mass is 10.1. The molecule has 1 heterocycles. The summed E-state index contributed by atoms with van der Waals surface area (Å²) in [6.07, 6.45) is 3.36. The molecule has 0 saturated carbocycles. The van der Waals surface area contributed by atoms with Crippen LogP contribution >= 0.6 is 11.8 Å². The number of hydrogen-bond acceptors (Lipinski definition) is 2. The first-order chi connectivity index (χ1) is 5.49. The molecular formula is C10H18OS. The van der Waals surface area contributed by atoms with Crippen LogP contribution in [-0.2, 0) is 4.74 Å². The van der Waals surface area contributed by atoms with Gasteiger partial charge in [0.05, 0.1) is 0 Å². The molecule has 12 heavy (non-hydrogen) atoms. The number of ether oxygens (including phenoxy) is 1. The lowest BCUT2D eigenvalue weighted by molar-refractivity contribution is 0.118. The Labute approximate surface area is 79.6 Å². The smallest absolute Gasteiger partial charge is 0.122 e. The minimum absolute atomic E-state index is 0.277. The Hall–Kier alpha value is 0.0500. The predicted molar refractivity (Wildman–Crippen MR) is 55.5 cm³/mol. The van der Waals surface area contributed by atoms with E-state index in [-0.39, 0.29) is 5.44 Å². The highest BCUT2D eigenvalue weighted by Gasteiger charge is 2.27. The van der Waals surface area contributed by atoms with Crippen molar-refractivity contribution >= 4 is 11.8 Å². The number of thioether (sulfide) groups is 1. The lowest BCUT2D eigenvalue weighted by Crippen LogP contribution is -2.29. The van der Waals surface area contributed by atoms with Crippen LogP contribution in [0, 0.1) is 0 Å². The zero-order valence-electron chi connectivity index (χ0n) is 8.39. The molecule has 1 saturated heterocycles. The Balaban J connectivity index is 2.52. The van der Waals surface area contributed by atoms with Crippen molar-refractivity contribution in [1.82, 2.24) is 0 Å². The molecular weight excluding hydrogens is 168 g/mol. The summed E-state index contributed by atoms with van der Waals surface area (Å²) in [5.74, 6) is 0. The van der Waals surface area contributed by atoms with Gasteiger partial charge in [0.1, 0.15) is 5.44 Å². The van der Waals surface area contributed by atoms with Crippen molar-refractivity contribution in [2.45, 2.75) is 44.3 Å².